The van der Waals surface area contributed by atoms with Gasteiger partial charge in [0.05, 0.1) is 12.6 Å². The highest BCUT2D eigenvalue weighted by atomic mass is 35.5. The molecule has 1 aromatic carbocycles. The molecular weight excluding hydrogens is 256 g/mol. The summed E-state index contributed by atoms with van der Waals surface area (Å²) in [5.74, 6) is -0.705. The summed E-state index contributed by atoms with van der Waals surface area (Å²) in [5, 5.41) is 2.41. The predicted molar refractivity (Wildman–Crippen MR) is 69.9 cm³/mol. The first-order chi connectivity index (χ1) is 8.08. The normalized spacial score (nSPS) is 11.0. The number of benzene rings is 1. The third kappa shape index (κ3) is 6.88. The van der Waals surface area contributed by atoms with Gasteiger partial charge >= 0.3 is 5.97 Å². The van der Waals surface area contributed by atoms with Gasteiger partial charge in [0, 0.05) is 6.92 Å². The highest BCUT2D eigenvalue weighted by Gasteiger charge is 2.11. The molecule has 0 aliphatic heterocycles. The van der Waals surface area contributed by atoms with Crippen LogP contribution in [0, 0.1) is 0 Å². The number of nitrogens with one attached hydrogen (secondary N) is 1. The molecule has 0 saturated heterocycles. The topological polar surface area (TPSA) is 81.4 Å². The number of carbonyl (C=O) groups is 2. The number of esters is 1. The number of rotatable bonds is 5. The van der Waals surface area contributed by atoms with E-state index in [1.807, 2.05) is 30.3 Å². The Balaban J connectivity index is 0.00000289. The first-order valence-electron chi connectivity index (χ1n) is 5.30. The average Bonchev–Trinajstić information content (AvgIpc) is 2.26. The second-order valence-electron chi connectivity index (χ2n) is 3.66. The summed E-state index contributed by atoms with van der Waals surface area (Å²) in [6, 6.07) is 9.35. The van der Waals surface area contributed by atoms with E-state index in [-0.39, 0.29) is 31.3 Å². The average molecular weight is 273 g/mol. The lowest BCUT2D eigenvalue weighted by molar-refractivity contribution is -0.145. The molecule has 0 saturated carbocycles. The molecule has 1 aromatic rings. The van der Waals surface area contributed by atoms with Crippen LogP contribution in [0.1, 0.15) is 18.9 Å². The molecular formula is C12H17ClN2O3. The molecule has 100 valence electrons. The highest BCUT2D eigenvalue weighted by molar-refractivity contribution is 5.85. The molecule has 0 aliphatic carbocycles. The molecule has 1 atom stereocenters. The molecule has 3 N–H and O–H groups in total. The van der Waals surface area contributed by atoms with E-state index in [1.54, 1.807) is 0 Å². The summed E-state index contributed by atoms with van der Waals surface area (Å²) in [6.07, 6.45) is -0.734. The first-order valence-corrected chi connectivity index (χ1v) is 5.30. The molecule has 0 aliphatic rings. The highest BCUT2D eigenvalue weighted by Crippen LogP contribution is 2.01. The van der Waals surface area contributed by atoms with Crippen LogP contribution in [-0.4, -0.2) is 18.0 Å². The van der Waals surface area contributed by atoms with E-state index in [0.29, 0.717) is 0 Å². The van der Waals surface area contributed by atoms with Crippen molar-refractivity contribution in [1.29, 1.82) is 0 Å². The lowest BCUT2D eigenvalue weighted by Crippen LogP contribution is -2.42. The van der Waals surface area contributed by atoms with Crippen molar-refractivity contribution in [2.75, 3.05) is 0 Å². The van der Waals surface area contributed by atoms with Gasteiger partial charge < -0.3 is 15.8 Å². The minimum absolute atomic E-state index is 0. The van der Waals surface area contributed by atoms with Crippen LogP contribution in [0.2, 0.25) is 0 Å². The molecule has 18 heavy (non-hydrogen) atoms. The van der Waals surface area contributed by atoms with Gasteiger partial charge in [0.2, 0.25) is 5.91 Å². The Bertz CT molecular complexity index is 384. The summed E-state index contributed by atoms with van der Waals surface area (Å²) in [6.45, 7) is 1.56. The fourth-order valence-corrected chi connectivity index (χ4v) is 1.29. The lowest BCUT2D eigenvalue weighted by Gasteiger charge is -2.11. The van der Waals surface area contributed by atoms with Crippen molar-refractivity contribution >= 4 is 24.3 Å². The Labute approximate surface area is 112 Å². The zero-order valence-electron chi connectivity index (χ0n) is 10.1. The zero-order chi connectivity index (χ0) is 12.7. The van der Waals surface area contributed by atoms with Crippen LogP contribution < -0.4 is 11.1 Å². The number of nitrogens with two attached hydrogens (primary N) is 1. The van der Waals surface area contributed by atoms with Crippen molar-refractivity contribution in [3.8, 4) is 0 Å². The minimum atomic E-state index is -0.698. The van der Waals surface area contributed by atoms with Gasteiger partial charge in [-0.3, -0.25) is 9.59 Å². The van der Waals surface area contributed by atoms with Gasteiger partial charge in [-0.05, 0) is 5.56 Å². The third-order valence-electron chi connectivity index (χ3n) is 2.02. The van der Waals surface area contributed by atoms with E-state index in [2.05, 4.69) is 5.32 Å². The summed E-state index contributed by atoms with van der Waals surface area (Å²) >= 11 is 0. The Kier molecular flexibility index (Phi) is 7.74. The minimum Gasteiger partial charge on any atom is -0.461 e. The summed E-state index contributed by atoms with van der Waals surface area (Å²) in [4.78, 5) is 22.0. The molecule has 0 spiro atoms. The number of carbonyl (C=O) groups excluding carboxylic acids is 2. The molecule has 6 heteroatoms. The van der Waals surface area contributed by atoms with Crippen LogP contribution in [0.3, 0.4) is 0 Å². The maximum atomic E-state index is 11.4. The van der Waals surface area contributed by atoms with E-state index < -0.39 is 12.1 Å². The fourth-order valence-electron chi connectivity index (χ4n) is 1.29. The van der Waals surface area contributed by atoms with Crippen molar-refractivity contribution in [2.45, 2.75) is 26.1 Å². The smallest absolute Gasteiger partial charge is 0.309 e. The lowest BCUT2D eigenvalue weighted by atomic mass is 10.2. The van der Waals surface area contributed by atoms with Crippen molar-refractivity contribution in [3.63, 3.8) is 0 Å². The predicted octanol–water partition coefficient (Wildman–Crippen LogP) is 0.963. The summed E-state index contributed by atoms with van der Waals surface area (Å²) < 4.78 is 5.01. The molecule has 0 unspecified atom stereocenters. The number of hydrogen-bond acceptors (Lipinski definition) is 4. The molecule has 1 rings (SSSR count). The van der Waals surface area contributed by atoms with E-state index >= 15 is 0 Å². The van der Waals surface area contributed by atoms with E-state index in [1.165, 1.54) is 6.92 Å². The number of amides is 1. The fraction of sp³-hybridized carbons (Fsp3) is 0.333. The van der Waals surface area contributed by atoms with E-state index in [4.69, 9.17) is 10.5 Å². The van der Waals surface area contributed by atoms with Gasteiger partial charge in [-0.25, -0.2) is 0 Å². The SMILES string of the molecule is CC(=O)N[C@H](N)CC(=O)OCc1ccccc1.Cl. The zero-order valence-corrected chi connectivity index (χ0v) is 10.9. The largest absolute Gasteiger partial charge is 0.461 e. The number of hydrogen-bond donors (Lipinski definition) is 2. The first kappa shape index (κ1) is 16.4. The molecule has 0 fully saturated rings. The van der Waals surface area contributed by atoms with E-state index in [9.17, 15) is 9.59 Å². The van der Waals surface area contributed by atoms with Crippen molar-refractivity contribution in [2.24, 2.45) is 5.73 Å². The Hall–Kier alpha value is -1.59. The van der Waals surface area contributed by atoms with Gasteiger partial charge in [-0.2, -0.15) is 0 Å². The van der Waals surface area contributed by atoms with Crippen LogP contribution in [0.25, 0.3) is 0 Å². The van der Waals surface area contributed by atoms with Gasteiger partial charge in [0.15, 0.2) is 0 Å². The number of halogens is 1. The summed E-state index contributed by atoms with van der Waals surface area (Å²) in [5.41, 5.74) is 6.42. The van der Waals surface area contributed by atoms with Gasteiger partial charge in [0.1, 0.15) is 6.61 Å². The van der Waals surface area contributed by atoms with Crippen molar-refractivity contribution in [1.82, 2.24) is 5.32 Å². The monoisotopic (exact) mass is 272 g/mol. The quantitative estimate of drug-likeness (QED) is 0.618. The number of ether oxygens (including phenoxy) is 1. The van der Waals surface area contributed by atoms with Crippen molar-refractivity contribution in [3.05, 3.63) is 35.9 Å². The van der Waals surface area contributed by atoms with Crippen LogP contribution in [-0.2, 0) is 20.9 Å². The summed E-state index contributed by atoms with van der Waals surface area (Å²) in [7, 11) is 0. The van der Waals surface area contributed by atoms with Crippen LogP contribution in [0.5, 0.6) is 0 Å². The molecule has 1 amide bonds. The van der Waals surface area contributed by atoms with E-state index in [0.717, 1.165) is 5.56 Å². The maximum absolute atomic E-state index is 11.4. The molecule has 0 aromatic heterocycles. The Morgan fingerprint density at radius 1 is 1.33 bits per heavy atom. The molecule has 0 radical (unpaired) electrons. The molecule has 0 bridgehead atoms. The Morgan fingerprint density at radius 3 is 2.50 bits per heavy atom. The van der Waals surface area contributed by atoms with Gasteiger partial charge in [0.25, 0.3) is 0 Å². The van der Waals surface area contributed by atoms with Gasteiger partial charge in [-0.1, -0.05) is 30.3 Å². The van der Waals surface area contributed by atoms with Gasteiger partial charge in [-0.15, -0.1) is 12.4 Å². The van der Waals surface area contributed by atoms with Crippen LogP contribution in [0.4, 0.5) is 0 Å². The van der Waals surface area contributed by atoms with Crippen LogP contribution >= 0.6 is 12.4 Å². The Morgan fingerprint density at radius 2 is 1.94 bits per heavy atom. The standard InChI is InChI=1S/C12H16N2O3.ClH/c1-9(15)14-11(13)7-12(16)17-8-10-5-3-2-4-6-10;/h2-6,11H,7-8,13H2,1H3,(H,14,15);1H/t11-;/m0./s1. The van der Waals surface area contributed by atoms with Crippen LogP contribution in [0.15, 0.2) is 30.3 Å². The molecule has 0 heterocycles. The van der Waals surface area contributed by atoms with Crippen molar-refractivity contribution < 1.29 is 14.3 Å². The second-order valence-corrected chi connectivity index (χ2v) is 3.66. The second kappa shape index (κ2) is 8.49. The molecule has 5 nitrogen and oxygen atoms in total. The maximum Gasteiger partial charge on any atom is 0.309 e. The third-order valence-corrected chi connectivity index (χ3v) is 2.02.